The Labute approximate surface area is 208 Å². The maximum Gasteiger partial charge on any atom is 0.273 e. The first-order chi connectivity index (χ1) is 17.3. The predicted molar refractivity (Wildman–Crippen MR) is 134 cm³/mol. The number of hydrogen-bond acceptors (Lipinski definition) is 7. The molecule has 3 N–H and O–H groups in total. The summed E-state index contributed by atoms with van der Waals surface area (Å²) in [7, 11) is 0. The molecule has 186 valence electrons. The first kappa shape index (κ1) is 23.7. The van der Waals surface area contributed by atoms with Crippen molar-refractivity contribution in [2.24, 2.45) is 16.6 Å². The fraction of sp³-hybridized carbons (Fsp3) is 0.346. The van der Waals surface area contributed by atoms with Gasteiger partial charge in [0.05, 0.1) is 30.9 Å². The predicted octanol–water partition coefficient (Wildman–Crippen LogP) is 2.00. The summed E-state index contributed by atoms with van der Waals surface area (Å²) in [5, 5.41) is 8.20. The van der Waals surface area contributed by atoms with Crippen LogP contribution in [0.2, 0.25) is 0 Å². The molecule has 0 saturated carbocycles. The van der Waals surface area contributed by atoms with Gasteiger partial charge < -0.3 is 25.0 Å². The fourth-order valence-corrected chi connectivity index (χ4v) is 4.76. The van der Waals surface area contributed by atoms with Crippen molar-refractivity contribution >= 4 is 46.2 Å². The zero-order valence-corrected chi connectivity index (χ0v) is 19.9. The van der Waals surface area contributed by atoms with Crippen LogP contribution in [-0.2, 0) is 25.5 Å². The van der Waals surface area contributed by atoms with Crippen LogP contribution in [0.4, 0.5) is 17.1 Å². The molecule has 36 heavy (non-hydrogen) atoms. The second kappa shape index (κ2) is 9.54. The number of fused-ring (bicyclic) bond motifs is 1. The number of ether oxygens (including phenoxy) is 2. The SMILES string of the molecule is CC1CN(c2ccc(N3CCC(C(=N)C(N)=O)C(=Nc4ccc5c(c4)CCO5)C3=O)cc2)C(=O)CO1. The van der Waals surface area contributed by atoms with Crippen molar-refractivity contribution in [2.75, 3.05) is 36.1 Å². The van der Waals surface area contributed by atoms with Crippen molar-refractivity contribution in [3.8, 4) is 5.75 Å². The molecule has 10 nitrogen and oxygen atoms in total. The van der Waals surface area contributed by atoms with E-state index in [0.717, 1.165) is 23.4 Å². The Morgan fingerprint density at radius 1 is 1.11 bits per heavy atom. The average molecular weight is 490 g/mol. The number of hydrogen-bond donors (Lipinski definition) is 2. The van der Waals surface area contributed by atoms with Gasteiger partial charge in [0.15, 0.2) is 0 Å². The number of anilines is 2. The fourth-order valence-electron chi connectivity index (χ4n) is 4.76. The molecule has 2 fully saturated rings. The van der Waals surface area contributed by atoms with Crippen LogP contribution in [0.1, 0.15) is 18.9 Å². The van der Waals surface area contributed by atoms with E-state index in [0.29, 0.717) is 37.5 Å². The van der Waals surface area contributed by atoms with Crippen LogP contribution in [-0.4, -0.2) is 61.6 Å². The number of primary amides is 1. The van der Waals surface area contributed by atoms with Gasteiger partial charge >= 0.3 is 0 Å². The van der Waals surface area contributed by atoms with Crippen molar-refractivity contribution in [3.63, 3.8) is 0 Å². The third-order valence-electron chi connectivity index (χ3n) is 6.68. The first-order valence-corrected chi connectivity index (χ1v) is 11.9. The Bertz CT molecular complexity index is 1270. The van der Waals surface area contributed by atoms with Crippen molar-refractivity contribution in [1.29, 1.82) is 5.41 Å². The highest BCUT2D eigenvalue weighted by atomic mass is 16.5. The van der Waals surface area contributed by atoms with E-state index in [1.165, 1.54) is 0 Å². The van der Waals surface area contributed by atoms with Gasteiger partial charge in [-0.15, -0.1) is 0 Å². The lowest BCUT2D eigenvalue weighted by molar-refractivity contribution is -0.128. The van der Waals surface area contributed by atoms with Crippen LogP contribution in [0, 0.1) is 11.3 Å². The largest absolute Gasteiger partial charge is 0.493 e. The van der Waals surface area contributed by atoms with E-state index in [1.807, 2.05) is 19.1 Å². The molecule has 0 spiro atoms. The molecule has 3 aliphatic heterocycles. The monoisotopic (exact) mass is 489 g/mol. The number of nitrogens with zero attached hydrogens (tertiary/aromatic N) is 3. The van der Waals surface area contributed by atoms with Gasteiger partial charge in [0.1, 0.15) is 23.8 Å². The second-order valence-corrected chi connectivity index (χ2v) is 9.11. The molecule has 10 heteroatoms. The highest BCUT2D eigenvalue weighted by Gasteiger charge is 2.38. The lowest BCUT2D eigenvalue weighted by Gasteiger charge is -2.34. The minimum Gasteiger partial charge on any atom is -0.493 e. The third-order valence-corrected chi connectivity index (χ3v) is 6.68. The zero-order chi connectivity index (χ0) is 25.4. The van der Waals surface area contributed by atoms with Gasteiger partial charge in [-0.3, -0.25) is 19.8 Å². The lowest BCUT2D eigenvalue weighted by Crippen LogP contribution is -2.50. The van der Waals surface area contributed by atoms with Crippen LogP contribution in [0.5, 0.6) is 5.75 Å². The van der Waals surface area contributed by atoms with Gasteiger partial charge in [0.2, 0.25) is 0 Å². The minimum atomic E-state index is -0.870. The van der Waals surface area contributed by atoms with Crippen molar-refractivity contribution in [3.05, 3.63) is 48.0 Å². The first-order valence-electron chi connectivity index (χ1n) is 11.9. The van der Waals surface area contributed by atoms with Crippen LogP contribution < -0.4 is 20.3 Å². The maximum absolute atomic E-state index is 13.6. The second-order valence-electron chi connectivity index (χ2n) is 9.11. The van der Waals surface area contributed by atoms with Crippen molar-refractivity contribution in [2.45, 2.75) is 25.9 Å². The topological polar surface area (TPSA) is 138 Å². The standard InChI is InChI=1S/C26H27N5O5/c1-15-13-31(22(32)14-36-15)19-5-3-18(4-6-19)30-10-8-20(23(27)25(28)33)24(26(30)34)29-17-2-7-21-16(12-17)9-11-35-21/h2-7,12,15,20,27H,8-11,13-14H2,1H3,(H2,28,33). The summed E-state index contributed by atoms with van der Waals surface area (Å²) in [6.07, 6.45) is 1.03. The van der Waals surface area contributed by atoms with Gasteiger partial charge in [-0.05, 0) is 61.4 Å². The summed E-state index contributed by atoms with van der Waals surface area (Å²) in [6.45, 7) is 3.30. The molecule has 0 radical (unpaired) electrons. The Morgan fingerprint density at radius 3 is 2.56 bits per heavy atom. The smallest absolute Gasteiger partial charge is 0.273 e. The average Bonchev–Trinajstić information content (AvgIpc) is 3.34. The summed E-state index contributed by atoms with van der Waals surface area (Å²) in [5.74, 6) is -1.37. The maximum atomic E-state index is 13.6. The van der Waals surface area contributed by atoms with Crippen LogP contribution in [0.25, 0.3) is 0 Å². The number of piperidine rings is 1. The molecular formula is C26H27N5O5. The zero-order valence-electron chi connectivity index (χ0n) is 19.9. The number of nitrogens with one attached hydrogen (secondary N) is 1. The van der Waals surface area contributed by atoms with E-state index in [4.69, 9.17) is 20.6 Å². The lowest BCUT2D eigenvalue weighted by atomic mass is 9.88. The van der Waals surface area contributed by atoms with E-state index < -0.39 is 17.7 Å². The number of amides is 3. The van der Waals surface area contributed by atoms with Crippen LogP contribution >= 0.6 is 0 Å². The Balaban J connectivity index is 1.44. The number of rotatable bonds is 5. The Hall–Kier alpha value is -4.05. The molecule has 0 aromatic heterocycles. The van der Waals surface area contributed by atoms with Crippen LogP contribution in [0.15, 0.2) is 47.5 Å². The molecule has 3 aliphatic rings. The molecule has 2 aromatic carbocycles. The summed E-state index contributed by atoms with van der Waals surface area (Å²) >= 11 is 0. The molecule has 2 saturated heterocycles. The molecule has 2 aromatic rings. The number of carbonyl (C=O) groups excluding carboxylic acids is 3. The van der Waals surface area contributed by atoms with Crippen molar-refractivity contribution in [1.82, 2.24) is 0 Å². The minimum absolute atomic E-state index is 0.0371. The van der Waals surface area contributed by atoms with E-state index in [2.05, 4.69) is 4.99 Å². The molecule has 3 amide bonds. The Kier molecular flexibility index (Phi) is 6.27. The normalized spacial score (nSPS) is 23.0. The highest BCUT2D eigenvalue weighted by Crippen LogP contribution is 2.32. The van der Waals surface area contributed by atoms with E-state index in [-0.39, 0.29) is 30.0 Å². The molecule has 5 rings (SSSR count). The van der Waals surface area contributed by atoms with E-state index in [9.17, 15) is 14.4 Å². The molecule has 3 heterocycles. The van der Waals surface area contributed by atoms with Gasteiger partial charge in [0, 0.05) is 24.3 Å². The van der Waals surface area contributed by atoms with Crippen LogP contribution in [0.3, 0.4) is 0 Å². The number of carbonyl (C=O) groups is 3. The molecular weight excluding hydrogens is 462 g/mol. The summed E-state index contributed by atoms with van der Waals surface area (Å²) in [4.78, 5) is 45.6. The highest BCUT2D eigenvalue weighted by molar-refractivity contribution is 6.54. The molecule has 0 bridgehead atoms. The van der Waals surface area contributed by atoms with E-state index >= 15 is 0 Å². The third kappa shape index (κ3) is 4.47. The van der Waals surface area contributed by atoms with Gasteiger partial charge in [-0.25, -0.2) is 4.99 Å². The molecule has 0 aliphatic carbocycles. The summed E-state index contributed by atoms with van der Waals surface area (Å²) in [5.41, 5.74) is 8.09. The summed E-state index contributed by atoms with van der Waals surface area (Å²) < 4.78 is 10.9. The van der Waals surface area contributed by atoms with Gasteiger partial charge in [-0.1, -0.05) is 0 Å². The number of aliphatic imine (C=N–C) groups is 1. The number of morpholine rings is 1. The van der Waals surface area contributed by atoms with E-state index in [1.54, 1.807) is 40.1 Å². The number of benzene rings is 2. The van der Waals surface area contributed by atoms with Gasteiger partial charge in [0.25, 0.3) is 17.7 Å². The molecule has 2 unspecified atom stereocenters. The molecule has 2 atom stereocenters. The summed E-state index contributed by atoms with van der Waals surface area (Å²) in [6, 6.07) is 12.6. The quantitative estimate of drug-likeness (QED) is 0.619. The van der Waals surface area contributed by atoms with Gasteiger partial charge in [-0.2, -0.15) is 0 Å². The Morgan fingerprint density at radius 2 is 1.83 bits per heavy atom. The van der Waals surface area contributed by atoms with Crippen molar-refractivity contribution < 1.29 is 23.9 Å². The number of nitrogens with two attached hydrogens (primary N) is 1.